The molecule has 112 valence electrons. The summed E-state index contributed by atoms with van der Waals surface area (Å²) in [6.07, 6.45) is 0.540. The van der Waals surface area contributed by atoms with Crippen molar-refractivity contribution < 1.29 is 14.6 Å². The molecule has 1 aromatic rings. The SMILES string of the molecule is COc1cc(C(=O)NC(CCO)C(C)(C)C)ccc1C. The van der Waals surface area contributed by atoms with Gasteiger partial charge in [-0.2, -0.15) is 0 Å². The summed E-state index contributed by atoms with van der Waals surface area (Å²) < 4.78 is 5.24. The third-order valence-corrected chi connectivity index (χ3v) is 3.44. The van der Waals surface area contributed by atoms with E-state index in [0.29, 0.717) is 17.7 Å². The summed E-state index contributed by atoms with van der Waals surface area (Å²) in [4.78, 5) is 12.3. The molecule has 0 aliphatic rings. The van der Waals surface area contributed by atoms with Gasteiger partial charge < -0.3 is 15.2 Å². The Balaban J connectivity index is 2.89. The molecule has 0 fully saturated rings. The van der Waals surface area contributed by atoms with Crippen LogP contribution in [-0.4, -0.2) is 30.8 Å². The number of rotatable bonds is 5. The highest BCUT2D eigenvalue weighted by Crippen LogP contribution is 2.23. The van der Waals surface area contributed by atoms with E-state index in [1.165, 1.54) is 0 Å². The molecule has 2 N–H and O–H groups in total. The molecule has 1 unspecified atom stereocenters. The van der Waals surface area contributed by atoms with Gasteiger partial charge in [-0.05, 0) is 36.5 Å². The maximum absolute atomic E-state index is 12.3. The van der Waals surface area contributed by atoms with E-state index in [2.05, 4.69) is 5.32 Å². The van der Waals surface area contributed by atoms with Crippen molar-refractivity contribution in [3.05, 3.63) is 29.3 Å². The number of carbonyl (C=O) groups excluding carboxylic acids is 1. The van der Waals surface area contributed by atoms with Gasteiger partial charge in [0.1, 0.15) is 5.75 Å². The zero-order chi connectivity index (χ0) is 15.3. The minimum atomic E-state index is -0.142. The zero-order valence-corrected chi connectivity index (χ0v) is 13.0. The van der Waals surface area contributed by atoms with Crippen LogP contribution < -0.4 is 10.1 Å². The first-order chi connectivity index (χ1) is 9.29. The number of aliphatic hydroxyl groups excluding tert-OH is 1. The molecule has 0 saturated heterocycles. The Morgan fingerprint density at radius 3 is 2.55 bits per heavy atom. The molecule has 0 spiro atoms. The second-order valence-corrected chi connectivity index (χ2v) is 6.09. The fraction of sp³-hybridized carbons (Fsp3) is 0.562. The summed E-state index contributed by atoms with van der Waals surface area (Å²) in [6.45, 7) is 8.12. The van der Waals surface area contributed by atoms with Crippen LogP contribution in [0.15, 0.2) is 18.2 Å². The van der Waals surface area contributed by atoms with Crippen LogP contribution in [0, 0.1) is 12.3 Å². The van der Waals surface area contributed by atoms with E-state index in [1.807, 2.05) is 33.8 Å². The van der Waals surface area contributed by atoms with Gasteiger partial charge in [0.25, 0.3) is 5.91 Å². The van der Waals surface area contributed by atoms with E-state index in [1.54, 1.807) is 19.2 Å². The molecule has 0 aromatic heterocycles. The average molecular weight is 279 g/mol. The monoisotopic (exact) mass is 279 g/mol. The Morgan fingerprint density at radius 1 is 1.40 bits per heavy atom. The van der Waals surface area contributed by atoms with Crippen LogP contribution in [-0.2, 0) is 0 Å². The molecule has 4 heteroatoms. The second kappa shape index (κ2) is 6.75. The molecule has 0 aliphatic heterocycles. The lowest BCUT2D eigenvalue weighted by Gasteiger charge is -2.31. The quantitative estimate of drug-likeness (QED) is 0.870. The molecule has 0 radical (unpaired) electrons. The van der Waals surface area contributed by atoms with Crippen molar-refractivity contribution in [1.82, 2.24) is 5.32 Å². The number of nitrogens with one attached hydrogen (secondary N) is 1. The minimum absolute atomic E-state index is 0.0550. The number of amides is 1. The summed E-state index contributed by atoms with van der Waals surface area (Å²) in [5.74, 6) is 0.559. The number of hydrogen-bond acceptors (Lipinski definition) is 3. The smallest absolute Gasteiger partial charge is 0.251 e. The fourth-order valence-electron chi connectivity index (χ4n) is 2.05. The number of ether oxygens (including phenoxy) is 1. The molecule has 0 heterocycles. The molecule has 1 atom stereocenters. The molecule has 1 amide bonds. The Morgan fingerprint density at radius 2 is 2.05 bits per heavy atom. The maximum Gasteiger partial charge on any atom is 0.251 e. The third kappa shape index (κ3) is 4.23. The van der Waals surface area contributed by atoms with Gasteiger partial charge in [-0.15, -0.1) is 0 Å². The van der Waals surface area contributed by atoms with Gasteiger partial charge in [-0.25, -0.2) is 0 Å². The lowest BCUT2D eigenvalue weighted by atomic mass is 9.84. The molecular weight excluding hydrogens is 254 g/mol. The summed E-state index contributed by atoms with van der Waals surface area (Å²) in [7, 11) is 1.59. The largest absolute Gasteiger partial charge is 0.496 e. The average Bonchev–Trinajstić information content (AvgIpc) is 2.37. The van der Waals surface area contributed by atoms with Crippen molar-refractivity contribution in [3.8, 4) is 5.75 Å². The van der Waals surface area contributed by atoms with Gasteiger partial charge in [0.05, 0.1) is 7.11 Å². The number of carbonyl (C=O) groups is 1. The number of aliphatic hydroxyl groups is 1. The molecule has 0 aliphatic carbocycles. The van der Waals surface area contributed by atoms with E-state index in [-0.39, 0.29) is 24.0 Å². The Kier molecular flexibility index (Phi) is 5.57. The van der Waals surface area contributed by atoms with Gasteiger partial charge >= 0.3 is 0 Å². The zero-order valence-electron chi connectivity index (χ0n) is 13.0. The van der Waals surface area contributed by atoms with Crippen LogP contribution in [0.5, 0.6) is 5.75 Å². The van der Waals surface area contributed by atoms with Gasteiger partial charge in [0, 0.05) is 18.2 Å². The van der Waals surface area contributed by atoms with E-state index in [4.69, 9.17) is 9.84 Å². The molecule has 0 bridgehead atoms. The first kappa shape index (κ1) is 16.5. The molecule has 4 nitrogen and oxygen atoms in total. The topological polar surface area (TPSA) is 58.6 Å². The predicted octanol–water partition coefficient (Wildman–Crippen LogP) is 2.53. The molecule has 20 heavy (non-hydrogen) atoms. The molecule has 0 saturated carbocycles. The number of methoxy groups -OCH3 is 1. The number of aryl methyl sites for hydroxylation is 1. The Bertz CT molecular complexity index is 463. The number of benzene rings is 1. The standard InChI is InChI=1S/C16H25NO3/c1-11-6-7-12(10-13(11)20-5)15(19)17-14(8-9-18)16(2,3)4/h6-7,10,14,18H,8-9H2,1-5H3,(H,17,19). The van der Waals surface area contributed by atoms with E-state index in [9.17, 15) is 4.79 Å². The van der Waals surface area contributed by atoms with Gasteiger partial charge in [-0.3, -0.25) is 4.79 Å². The highest BCUT2D eigenvalue weighted by Gasteiger charge is 2.26. The summed E-state index contributed by atoms with van der Waals surface area (Å²) in [5.41, 5.74) is 1.46. The Hall–Kier alpha value is -1.55. The maximum atomic E-state index is 12.3. The second-order valence-electron chi connectivity index (χ2n) is 6.09. The molecule has 1 aromatic carbocycles. The normalized spacial score (nSPS) is 12.9. The Labute approximate surface area is 121 Å². The van der Waals surface area contributed by atoms with Crippen LogP contribution in [0.4, 0.5) is 0 Å². The predicted molar refractivity (Wildman–Crippen MR) is 80.1 cm³/mol. The van der Waals surface area contributed by atoms with Crippen LogP contribution in [0.3, 0.4) is 0 Å². The van der Waals surface area contributed by atoms with Crippen LogP contribution in [0.25, 0.3) is 0 Å². The summed E-state index contributed by atoms with van der Waals surface area (Å²) in [6, 6.07) is 5.31. The molecular formula is C16H25NO3. The lowest BCUT2D eigenvalue weighted by molar-refractivity contribution is 0.0885. The summed E-state index contributed by atoms with van der Waals surface area (Å²) in [5, 5.41) is 12.1. The fourth-order valence-corrected chi connectivity index (χ4v) is 2.05. The van der Waals surface area contributed by atoms with E-state index < -0.39 is 0 Å². The molecule has 1 rings (SSSR count). The highest BCUT2D eigenvalue weighted by molar-refractivity contribution is 5.95. The van der Waals surface area contributed by atoms with Gasteiger partial charge in [0.15, 0.2) is 0 Å². The lowest BCUT2D eigenvalue weighted by Crippen LogP contribution is -2.44. The third-order valence-electron chi connectivity index (χ3n) is 3.44. The van der Waals surface area contributed by atoms with Crippen molar-refractivity contribution in [2.45, 2.75) is 40.2 Å². The van der Waals surface area contributed by atoms with Crippen molar-refractivity contribution in [1.29, 1.82) is 0 Å². The van der Waals surface area contributed by atoms with E-state index >= 15 is 0 Å². The van der Waals surface area contributed by atoms with E-state index in [0.717, 1.165) is 5.56 Å². The number of hydrogen-bond donors (Lipinski definition) is 2. The minimum Gasteiger partial charge on any atom is -0.496 e. The van der Waals surface area contributed by atoms with Crippen molar-refractivity contribution >= 4 is 5.91 Å². The summed E-state index contributed by atoms with van der Waals surface area (Å²) >= 11 is 0. The van der Waals surface area contributed by atoms with Crippen LogP contribution >= 0.6 is 0 Å². The van der Waals surface area contributed by atoms with Crippen LogP contribution in [0.1, 0.15) is 43.1 Å². The van der Waals surface area contributed by atoms with Crippen molar-refractivity contribution in [2.75, 3.05) is 13.7 Å². The highest BCUT2D eigenvalue weighted by atomic mass is 16.5. The van der Waals surface area contributed by atoms with Gasteiger partial charge in [0.2, 0.25) is 0 Å². The first-order valence-electron chi connectivity index (χ1n) is 6.86. The first-order valence-corrected chi connectivity index (χ1v) is 6.86. The van der Waals surface area contributed by atoms with Gasteiger partial charge in [-0.1, -0.05) is 26.8 Å². The van der Waals surface area contributed by atoms with Crippen molar-refractivity contribution in [2.24, 2.45) is 5.41 Å². The van der Waals surface area contributed by atoms with Crippen LogP contribution in [0.2, 0.25) is 0 Å². The van der Waals surface area contributed by atoms with Crippen molar-refractivity contribution in [3.63, 3.8) is 0 Å².